The third-order valence-electron chi connectivity index (χ3n) is 2.31. The molecule has 0 spiro atoms. The number of nitrogens with one attached hydrogen (secondary N) is 1. The molecule has 0 saturated heterocycles. The van der Waals surface area contributed by atoms with Crippen LogP contribution in [0.15, 0.2) is 18.2 Å². The molecule has 0 aliphatic carbocycles. The Morgan fingerprint density at radius 2 is 2.11 bits per heavy atom. The summed E-state index contributed by atoms with van der Waals surface area (Å²) in [7, 11) is 0. The molecule has 1 aromatic rings. The normalized spacial score (nSPS) is 13.2. The fourth-order valence-corrected chi connectivity index (χ4v) is 1.44. The van der Waals surface area contributed by atoms with Crippen LogP contribution in [0.4, 0.5) is 18.9 Å². The van der Waals surface area contributed by atoms with Crippen molar-refractivity contribution in [3.63, 3.8) is 0 Å². The Kier molecular flexibility index (Phi) is 4.45. The minimum atomic E-state index is -4.53. The summed E-state index contributed by atoms with van der Waals surface area (Å²) in [6.45, 7) is 1.49. The average Bonchev–Trinajstić information content (AvgIpc) is 2.25. The van der Waals surface area contributed by atoms with Gasteiger partial charge in [0, 0.05) is 12.2 Å². The fourth-order valence-electron chi connectivity index (χ4n) is 1.21. The van der Waals surface area contributed by atoms with Crippen molar-refractivity contribution in [2.75, 3.05) is 11.9 Å². The largest absolute Gasteiger partial charge is 0.481 e. The number of halogens is 4. The highest BCUT2D eigenvalue weighted by molar-refractivity contribution is 6.31. The van der Waals surface area contributed by atoms with Crippen molar-refractivity contribution in [3.05, 3.63) is 28.8 Å². The lowest BCUT2D eigenvalue weighted by molar-refractivity contribution is -0.140. The number of benzene rings is 1. The number of alkyl halides is 3. The summed E-state index contributed by atoms with van der Waals surface area (Å²) in [5, 5.41) is 10.9. The molecular formula is C11H11ClF3NO2. The van der Waals surface area contributed by atoms with E-state index in [1.54, 1.807) is 0 Å². The Morgan fingerprint density at radius 3 is 2.61 bits per heavy atom. The smallest absolute Gasteiger partial charge is 0.417 e. The van der Waals surface area contributed by atoms with Gasteiger partial charge in [-0.2, -0.15) is 13.2 Å². The zero-order chi connectivity index (χ0) is 13.9. The van der Waals surface area contributed by atoms with Gasteiger partial charge in [0.15, 0.2) is 0 Å². The average molecular weight is 282 g/mol. The van der Waals surface area contributed by atoms with E-state index in [2.05, 4.69) is 5.32 Å². The molecule has 1 atom stereocenters. The number of carboxylic acids is 1. The molecule has 3 nitrogen and oxygen atoms in total. The quantitative estimate of drug-likeness (QED) is 0.888. The Morgan fingerprint density at radius 1 is 1.50 bits per heavy atom. The van der Waals surface area contributed by atoms with E-state index in [-0.39, 0.29) is 17.3 Å². The van der Waals surface area contributed by atoms with Crippen LogP contribution in [0.5, 0.6) is 0 Å². The second kappa shape index (κ2) is 5.48. The number of rotatable bonds is 4. The van der Waals surface area contributed by atoms with Gasteiger partial charge in [0.25, 0.3) is 0 Å². The summed E-state index contributed by atoms with van der Waals surface area (Å²) in [5.74, 6) is -1.72. The van der Waals surface area contributed by atoms with Crippen molar-refractivity contribution in [1.82, 2.24) is 0 Å². The van der Waals surface area contributed by atoms with Crippen LogP contribution in [-0.2, 0) is 11.0 Å². The van der Waals surface area contributed by atoms with Crippen LogP contribution in [0.3, 0.4) is 0 Å². The van der Waals surface area contributed by atoms with E-state index >= 15 is 0 Å². The molecule has 0 aromatic heterocycles. The zero-order valence-electron chi connectivity index (χ0n) is 9.38. The second-order valence-corrected chi connectivity index (χ2v) is 4.22. The van der Waals surface area contributed by atoms with Gasteiger partial charge in [-0.3, -0.25) is 4.79 Å². The van der Waals surface area contributed by atoms with Gasteiger partial charge in [-0.25, -0.2) is 0 Å². The number of carbonyl (C=O) groups is 1. The lowest BCUT2D eigenvalue weighted by Crippen LogP contribution is -2.19. The van der Waals surface area contributed by atoms with Crippen LogP contribution >= 0.6 is 11.6 Å². The van der Waals surface area contributed by atoms with Gasteiger partial charge in [0.05, 0.1) is 16.5 Å². The van der Waals surface area contributed by atoms with Crippen molar-refractivity contribution in [2.45, 2.75) is 13.1 Å². The summed E-state index contributed by atoms with van der Waals surface area (Å²) >= 11 is 5.45. The van der Waals surface area contributed by atoms with Crippen molar-refractivity contribution < 1.29 is 23.1 Å². The molecule has 1 rings (SSSR count). The van der Waals surface area contributed by atoms with E-state index in [1.807, 2.05) is 0 Å². The molecular weight excluding hydrogens is 271 g/mol. The summed E-state index contributed by atoms with van der Waals surface area (Å²) in [6, 6.07) is 3.35. The summed E-state index contributed by atoms with van der Waals surface area (Å²) in [6.07, 6.45) is -4.53. The van der Waals surface area contributed by atoms with Crippen LogP contribution < -0.4 is 5.32 Å². The van der Waals surface area contributed by atoms with Crippen molar-refractivity contribution in [3.8, 4) is 0 Å². The molecule has 100 valence electrons. The monoisotopic (exact) mass is 281 g/mol. The standard InChI is InChI=1S/C11H11ClF3NO2/c1-6(10(17)18)5-16-7-2-3-9(12)8(4-7)11(13,14)15/h2-4,6,16H,5H2,1H3,(H,17,18). The SMILES string of the molecule is CC(CNc1ccc(Cl)c(C(F)(F)F)c1)C(=O)O. The van der Waals surface area contributed by atoms with Crippen molar-refractivity contribution in [1.29, 1.82) is 0 Å². The van der Waals surface area contributed by atoms with Crippen LogP contribution in [-0.4, -0.2) is 17.6 Å². The number of carboxylic acid groups (broad SMARTS) is 1. The minimum Gasteiger partial charge on any atom is -0.481 e. The maximum Gasteiger partial charge on any atom is 0.417 e. The fraction of sp³-hybridized carbons (Fsp3) is 0.364. The number of anilines is 1. The highest BCUT2D eigenvalue weighted by atomic mass is 35.5. The van der Waals surface area contributed by atoms with Crippen molar-refractivity contribution >= 4 is 23.3 Å². The first-order chi connectivity index (χ1) is 8.21. The first kappa shape index (κ1) is 14.6. The molecule has 0 amide bonds. The third kappa shape index (κ3) is 3.80. The van der Waals surface area contributed by atoms with Gasteiger partial charge in [-0.05, 0) is 18.2 Å². The predicted octanol–water partition coefficient (Wildman–Crippen LogP) is 3.49. The second-order valence-electron chi connectivity index (χ2n) is 3.81. The van der Waals surface area contributed by atoms with Gasteiger partial charge < -0.3 is 10.4 Å². The zero-order valence-corrected chi connectivity index (χ0v) is 10.1. The Bertz CT molecular complexity index is 448. The Hall–Kier alpha value is -1.43. The van der Waals surface area contributed by atoms with E-state index in [4.69, 9.17) is 16.7 Å². The van der Waals surface area contributed by atoms with E-state index in [0.717, 1.165) is 12.1 Å². The summed E-state index contributed by atoms with van der Waals surface area (Å²) in [4.78, 5) is 10.6. The van der Waals surface area contributed by atoms with Crippen LogP contribution in [0.25, 0.3) is 0 Å². The van der Waals surface area contributed by atoms with Gasteiger partial charge in [-0.15, -0.1) is 0 Å². The summed E-state index contributed by atoms with van der Waals surface area (Å²) in [5.41, 5.74) is -0.767. The van der Waals surface area contributed by atoms with Gasteiger partial charge in [0.1, 0.15) is 0 Å². The predicted molar refractivity (Wildman–Crippen MR) is 61.7 cm³/mol. The molecule has 0 heterocycles. The maximum absolute atomic E-state index is 12.5. The van der Waals surface area contributed by atoms with Gasteiger partial charge >= 0.3 is 12.1 Å². The highest BCUT2D eigenvalue weighted by Crippen LogP contribution is 2.36. The van der Waals surface area contributed by atoms with Gasteiger partial charge in [-0.1, -0.05) is 18.5 Å². The molecule has 1 unspecified atom stereocenters. The highest BCUT2D eigenvalue weighted by Gasteiger charge is 2.33. The molecule has 0 bridgehead atoms. The Balaban J connectivity index is 2.83. The van der Waals surface area contributed by atoms with E-state index in [0.29, 0.717) is 0 Å². The summed E-state index contributed by atoms with van der Waals surface area (Å²) < 4.78 is 37.6. The van der Waals surface area contributed by atoms with E-state index < -0.39 is 23.6 Å². The molecule has 0 aliphatic rings. The molecule has 18 heavy (non-hydrogen) atoms. The maximum atomic E-state index is 12.5. The lowest BCUT2D eigenvalue weighted by atomic mass is 10.1. The molecule has 0 fully saturated rings. The Labute approximate surface area is 107 Å². The number of hydrogen-bond donors (Lipinski definition) is 2. The molecule has 1 aromatic carbocycles. The molecule has 0 aliphatic heterocycles. The molecule has 7 heteroatoms. The number of hydrogen-bond acceptors (Lipinski definition) is 2. The molecule has 0 radical (unpaired) electrons. The van der Waals surface area contributed by atoms with Gasteiger partial charge in [0.2, 0.25) is 0 Å². The van der Waals surface area contributed by atoms with E-state index in [9.17, 15) is 18.0 Å². The van der Waals surface area contributed by atoms with E-state index in [1.165, 1.54) is 13.0 Å². The van der Waals surface area contributed by atoms with Crippen LogP contribution in [0, 0.1) is 5.92 Å². The van der Waals surface area contributed by atoms with Crippen LogP contribution in [0.2, 0.25) is 5.02 Å². The van der Waals surface area contributed by atoms with Crippen LogP contribution in [0.1, 0.15) is 12.5 Å². The first-order valence-electron chi connectivity index (χ1n) is 5.05. The minimum absolute atomic E-state index is 0.0360. The first-order valence-corrected chi connectivity index (χ1v) is 5.43. The topological polar surface area (TPSA) is 49.3 Å². The molecule has 0 saturated carbocycles. The number of aliphatic carboxylic acids is 1. The molecule has 2 N–H and O–H groups in total. The van der Waals surface area contributed by atoms with Crippen molar-refractivity contribution in [2.24, 2.45) is 5.92 Å². The third-order valence-corrected chi connectivity index (χ3v) is 2.64. The lowest BCUT2D eigenvalue weighted by Gasteiger charge is -2.13.